The van der Waals surface area contributed by atoms with E-state index in [0.29, 0.717) is 25.4 Å². The molecule has 0 aliphatic carbocycles. The Bertz CT molecular complexity index is 678. The molecule has 2 aromatic rings. The Morgan fingerprint density at radius 1 is 1.32 bits per heavy atom. The monoisotopic (exact) mass is 447 g/mol. The van der Waals surface area contributed by atoms with Crippen LogP contribution in [0.5, 0.6) is 5.75 Å². The van der Waals surface area contributed by atoms with Gasteiger partial charge in [0.15, 0.2) is 0 Å². The first kappa shape index (κ1) is 21.7. The van der Waals surface area contributed by atoms with Crippen molar-refractivity contribution in [2.75, 3.05) is 26.2 Å². The van der Waals surface area contributed by atoms with Gasteiger partial charge in [0.05, 0.1) is 6.20 Å². The number of hydrogen-bond acceptors (Lipinski definition) is 4. The van der Waals surface area contributed by atoms with Crippen LogP contribution < -0.4 is 10.1 Å². The van der Waals surface area contributed by atoms with Crippen LogP contribution in [-0.4, -0.2) is 42.5 Å². The Morgan fingerprint density at radius 3 is 2.84 bits per heavy atom. The second kappa shape index (κ2) is 9.97. The predicted octanol–water partition coefficient (Wildman–Crippen LogP) is 3.02. The second-order valence-electron chi connectivity index (χ2n) is 5.49. The summed E-state index contributed by atoms with van der Waals surface area (Å²) in [7, 11) is 0. The summed E-state index contributed by atoms with van der Waals surface area (Å²) in [6.07, 6.45) is 4.29. The zero-order valence-electron chi connectivity index (χ0n) is 13.4. The molecule has 1 amide bonds. The van der Waals surface area contributed by atoms with Crippen molar-refractivity contribution in [3.05, 3.63) is 58.8 Å². The van der Waals surface area contributed by atoms with Crippen LogP contribution in [0.2, 0.25) is 0 Å². The summed E-state index contributed by atoms with van der Waals surface area (Å²) in [6, 6.07) is 11.7. The number of pyridine rings is 1. The van der Waals surface area contributed by atoms with Crippen molar-refractivity contribution in [3.8, 4) is 5.75 Å². The molecule has 136 valence electrons. The van der Waals surface area contributed by atoms with Gasteiger partial charge in [-0.05, 0) is 29.8 Å². The number of nitrogens with one attached hydrogen (secondary N) is 1. The van der Waals surface area contributed by atoms with Gasteiger partial charge in [-0.15, -0.1) is 24.8 Å². The molecule has 1 unspecified atom stereocenters. The van der Waals surface area contributed by atoms with Crippen molar-refractivity contribution in [3.63, 3.8) is 0 Å². The molecule has 2 heterocycles. The maximum atomic E-state index is 11.7. The van der Waals surface area contributed by atoms with E-state index in [1.54, 1.807) is 12.4 Å². The molecule has 1 N–H and O–H groups in total. The van der Waals surface area contributed by atoms with E-state index in [-0.39, 0.29) is 24.8 Å². The number of piperazine rings is 1. The molecule has 0 saturated carbocycles. The molecular formula is C17H20BrCl2N3O2. The summed E-state index contributed by atoms with van der Waals surface area (Å²) in [5.74, 6) is 0.693. The molecule has 8 heteroatoms. The largest absolute Gasteiger partial charge is 0.489 e. The smallest absolute Gasteiger partial charge is 0.210 e. The minimum Gasteiger partial charge on any atom is -0.489 e. The van der Waals surface area contributed by atoms with Crippen LogP contribution in [0.4, 0.5) is 0 Å². The third-order valence-electron chi connectivity index (χ3n) is 4.10. The fraction of sp³-hybridized carbons (Fsp3) is 0.294. The fourth-order valence-corrected chi connectivity index (χ4v) is 3.26. The Kier molecular flexibility index (Phi) is 8.65. The van der Waals surface area contributed by atoms with Crippen LogP contribution in [-0.2, 0) is 10.3 Å². The van der Waals surface area contributed by atoms with Gasteiger partial charge in [0.1, 0.15) is 17.9 Å². The quantitative estimate of drug-likeness (QED) is 0.714. The number of aromatic nitrogens is 1. The molecule has 1 atom stereocenters. The highest BCUT2D eigenvalue weighted by Gasteiger charge is 2.41. The van der Waals surface area contributed by atoms with Gasteiger partial charge in [0.2, 0.25) is 6.41 Å². The van der Waals surface area contributed by atoms with Crippen molar-refractivity contribution in [1.29, 1.82) is 0 Å². The molecule has 1 aliphatic rings. The van der Waals surface area contributed by atoms with Crippen molar-refractivity contribution in [1.82, 2.24) is 15.2 Å². The number of carbonyl (C=O) groups excluding carboxylic acids is 1. The van der Waals surface area contributed by atoms with Crippen molar-refractivity contribution in [2.24, 2.45) is 0 Å². The normalized spacial score (nSPS) is 19.3. The molecule has 1 aromatic heterocycles. The lowest BCUT2D eigenvalue weighted by molar-refractivity contribution is -0.127. The van der Waals surface area contributed by atoms with Crippen LogP contribution in [0.3, 0.4) is 0 Å². The topological polar surface area (TPSA) is 54.5 Å². The van der Waals surface area contributed by atoms with Gasteiger partial charge in [0.25, 0.3) is 0 Å². The molecular weight excluding hydrogens is 429 g/mol. The van der Waals surface area contributed by atoms with Crippen LogP contribution in [0, 0.1) is 0 Å². The average Bonchev–Trinajstić information content (AvgIpc) is 2.61. The van der Waals surface area contributed by atoms with Crippen molar-refractivity contribution in [2.45, 2.75) is 5.54 Å². The number of hydrogen-bond donors (Lipinski definition) is 1. The van der Waals surface area contributed by atoms with Crippen molar-refractivity contribution >= 4 is 47.2 Å². The summed E-state index contributed by atoms with van der Waals surface area (Å²) >= 11 is 3.51. The minimum atomic E-state index is -0.542. The van der Waals surface area contributed by atoms with Crippen LogP contribution >= 0.6 is 40.7 Å². The number of halogens is 3. The van der Waals surface area contributed by atoms with Gasteiger partial charge in [-0.25, -0.2) is 0 Å². The SMILES string of the molecule is Cl.Cl.O=CN1CCNCC1(COc1cccnc1)c1cccc(Br)c1. The first-order valence-corrected chi connectivity index (χ1v) is 8.25. The van der Waals surface area contributed by atoms with Crippen molar-refractivity contribution < 1.29 is 9.53 Å². The lowest BCUT2D eigenvalue weighted by Crippen LogP contribution is -2.61. The van der Waals surface area contributed by atoms with Gasteiger partial charge < -0.3 is 15.0 Å². The van der Waals surface area contributed by atoms with E-state index in [1.165, 1.54) is 0 Å². The minimum absolute atomic E-state index is 0. The lowest BCUT2D eigenvalue weighted by Gasteiger charge is -2.45. The molecule has 0 spiro atoms. The highest BCUT2D eigenvalue weighted by atomic mass is 79.9. The van der Waals surface area contributed by atoms with E-state index in [1.807, 2.05) is 41.3 Å². The molecule has 1 aromatic carbocycles. The molecule has 1 saturated heterocycles. The summed E-state index contributed by atoms with van der Waals surface area (Å²) in [5, 5.41) is 3.38. The molecule has 0 radical (unpaired) electrons. The number of benzene rings is 1. The standard InChI is InChI=1S/C17H18BrN3O2.2ClH/c18-15-4-1-3-14(9-15)17(11-20-7-8-21(17)13-22)12-23-16-5-2-6-19-10-16;;/h1-6,9-10,13,20H,7-8,11-12H2;2*1H. The third kappa shape index (κ3) is 4.85. The predicted molar refractivity (Wildman–Crippen MR) is 106 cm³/mol. The van der Waals surface area contributed by atoms with Crippen LogP contribution in [0.1, 0.15) is 5.56 Å². The summed E-state index contributed by atoms with van der Waals surface area (Å²) in [5.41, 5.74) is 0.495. The van der Waals surface area contributed by atoms with Crippen LogP contribution in [0.25, 0.3) is 0 Å². The molecule has 1 aliphatic heterocycles. The van der Waals surface area contributed by atoms with Gasteiger partial charge in [-0.3, -0.25) is 9.78 Å². The van der Waals surface area contributed by atoms with E-state index in [2.05, 4.69) is 26.2 Å². The molecule has 1 fully saturated rings. The van der Waals surface area contributed by atoms with Gasteiger partial charge in [-0.1, -0.05) is 28.1 Å². The lowest BCUT2D eigenvalue weighted by atomic mass is 9.87. The van der Waals surface area contributed by atoms with Gasteiger partial charge in [-0.2, -0.15) is 0 Å². The Hall–Kier alpha value is -1.34. The van der Waals surface area contributed by atoms with E-state index in [0.717, 1.165) is 23.0 Å². The number of carbonyl (C=O) groups is 1. The number of ether oxygens (including phenoxy) is 1. The fourth-order valence-electron chi connectivity index (χ4n) is 2.86. The second-order valence-corrected chi connectivity index (χ2v) is 6.41. The third-order valence-corrected chi connectivity index (χ3v) is 4.59. The first-order valence-electron chi connectivity index (χ1n) is 7.46. The molecule has 3 rings (SSSR count). The Morgan fingerprint density at radius 2 is 2.16 bits per heavy atom. The highest BCUT2D eigenvalue weighted by molar-refractivity contribution is 9.10. The van der Waals surface area contributed by atoms with E-state index >= 15 is 0 Å². The average molecular weight is 449 g/mol. The van der Waals surface area contributed by atoms with E-state index in [9.17, 15) is 4.79 Å². The number of amides is 1. The molecule has 25 heavy (non-hydrogen) atoms. The highest BCUT2D eigenvalue weighted by Crippen LogP contribution is 2.31. The number of nitrogens with zero attached hydrogens (tertiary/aromatic N) is 2. The zero-order chi connectivity index (χ0) is 16.1. The van der Waals surface area contributed by atoms with Crippen LogP contribution in [0.15, 0.2) is 53.3 Å². The van der Waals surface area contributed by atoms with E-state index in [4.69, 9.17) is 4.74 Å². The molecule has 0 bridgehead atoms. The maximum Gasteiger partial charge on any atom is 0.210 e. The van der Waals surface area contributed by atoms with Gasteiger partial charge >= 0.3 is 0 Å². The number of rotatable bonds is 5. The summed E-state index contributed by atoms with van der Waals surface area (Å²) < 4.78 is 6.94. The Labute approximate surface area is 168 Å². The first-order chi connectivity index (χ1) is 11.2. The van der Waals surface area contributed by atoms with E-state index < -0.39 is 5.54 Å². The molecule has 5 nitrogen and oxygen atoms in total. The summed E-state index contributed by atoms with van der Waals surface area (Å²) in [4.78, 5) is 17.6. The summed E-state index contributed by atoms with van der Waals surface area (Å²) in [6.45, 7) is 2.43. The van der Waals surface area contributed by atoms with Gasteiger partial charge in [0, 0.05) is 30.3 Å². The zero-order valence-corrected chi connectivity index (χ0v) is 16.6. The Balaban J connectivity index is 0.00000156. The maximum absolute atomic E-state index is 11.7.